The van der Waals surface area contributed by atoms with Crippen molar-refractivity contribution in [1.29, 1.82) is 0 Å². The number of rotatable bonds is 2. The lowest BCUT2D eigenvalue weighted by molar-refractivity contribution is 0.155. The number of benzene rings is 1. The predicted molar refractivity (Wildman–Crippen MR) is 56.9 cm³/mol. The Bertz CT molecular complexity index is 310. The molecule has 2 unspecified atom stereocenters. The van der Waals surface area contributed by atoms with Crippen molar-refractivity contribution in [1.82, 2.24) is 0 Å². The summed E-state index contributed by atoms with van der Waals surface area (Å²) in [7, 11) is 0. The van der Waals surface area contributed by atoms with Crippen LogP contribution in [0.25, 0.3) is 0 Å². The zero-order chi connectivity index (χ0) is 9.97. The van der Waals surface area contributed by atoms with Crippen LogP contribution in [0.1, 0.15) is 18.2 Å². The Labute approximate surface area is 91.4 Å². The fraction of sp³-hybridized carbons (Fsp3) is 0.455. The summed E-state index contributed by atoms with van der Waals surface area (Å²) in [6.45, 7) is 1.23. The molecule has 1 nitrogen and oxygen atoms in total. The molecule has 0 aliphatic carbocycles. The topological polar surface area (TPSA) is 9.23 Å². The molecule has 1 saturated heterocycles. The molecule has 14 heavy (non-hydrogen) atoms. The molecule has 0 bridgehead atoms. The van der Waals surface area contributed by atoms with Crippen LogP contribution >= 0.6 is 15.9 Å². The molecule has 0 radical (unpaired) electrons. The normalized spacial score (nSPS) is 23.7. The number of hydrogen-bond donors (Lipinski definition) is 0. The largest absolute Gasteiger partial charge is 0.381 e. The number of hydrogen-bond acceptors (Lipinski definition) is 1. The van der Waals surface area contributed by atoms with Gasteiger partial charge in [-0.3, -0.25) is 0 Å². The van der Waals surface area contributed by atoms with Crippen LogP contribution in [-0.2, 0) is 4.74 Å². The smallest absolute Gasteiger partial charge is 0.131 e. The molecule has 2 rings (SSSR count). The van der Waals surface area contributed by atoms with Crippen LogP contribution in [0, 0.1) is 5.92 Å². The molecule has 76 valence electrons. The maximum atomic E-state index is 14.0. The van der Waals surface area contributed by atoms with E-state index in [1.807, 2.05) is 24.3 Å². The summed E-state index contributed by atoms with van der Waals surface area (Å²) < 4.78 is 20.0. The van der Waals surface area contributed by atoms with E-state index in [1.54, 1.807) is 0 Å². The molecule has 1 heterocycles. The highest BCUT2D eigenvalue weighted by Gasteiger charge is 2.27. The summed E-state index contributed by atoms with van der Waals surface area (Å²) in [5.41, 5.74) is 0.739. The minimum absolute atomic E-state index is 0.0219. The van der Waals surface area contributed by atoms with Gasteiger partial charge in [-0.25, -0.2) is 4.39 Å². The monoisotopic (exact) mass is 258 g/mol. The second-order valence-corrected chi connectivity index (χ2v) is 4.40. The third-order valence-corrected chi connectivity index (χ3v) is 3.30. The van der Waals surface area contributed by atoms with Crippen molar-refractivity contribution in [2.24, 2.45) is 5.92 Å². The Hall–Kier alpha value is -0.410. The Balaban J connectivity index is 2.17. The zero-order valence-corrected chi connectivity index (χ0v) is 9.34. The molecule has 0 N–H and O–H groups in total. The van der Waals surface area contributed by atoms with Gasteiger partial charge in [-0.2, -0.15) is 0 Å². The lowest BCUT2D eigenvalue weighted by Gasteiger charge is -2.15. The molecular weight excluding hydrogens is 247 g/mol. The van der Waals surface area contributed by atoms with Crippen molar-refractivity contribution in [2.75, 3.05) is 13.2 Å². The minimum Gasteiger partial charge on any atom is -0.381 e. The predicted octanol–water partition coefficient (Wildman–Crippen LogP) is 3.50. The lowest BCUT2D eigenvalue weighted by Crippen LogP contribution is -2.08. The van der Waals surface area contributed by atoms with E-state index in [0.29, 0.717) is 13.2 Å². The van der Waals surface area contributed by atoms with Crippen LogP contribution in [0.5, 0.6) is 0 Å². The van der Waals surface area contributed by atoms with E-state index in [9.17, 15) is 4.39 Å². The van der Waals surface area contributed by atoms with Crippen LogP contribution in [0.15, 0.2) is 28.7 Å². The summed E-state index contributed by atoms with van der Waals surface area (Å²) in [5.74, 6) is 0.0219. The molecule has 1 fully saturated rings. The number of alkyl halides is 1. The quantitative estimate of drug-likeness (QED) is 0.789. The second-order valence-electron chi connectivity index (χ2n) is 3.55. The van der Waals surface area contributed by atoms with Crippen LogP contribution < -0.4 is 0 Å². The van der Waals surface area contributed by atoms with Crippen LogP contribution in [0.3, 0.4) is 0 Å². The fourth-order valence-electron chi connectivity index (χ4n) is 1.74. The van der Waals surface area contributed by atoms with Gasteiger partial charge in [-0.1, -0.05) is 34.1 Å². The van der Waals surface area contributed by atoms with Gasteiger partial charge in [0, 0.05) is 22.6 Å². The molecule has 3 heteroatoms. The average Bonchev–Trinajstić information content (AvgIpc) is 2.70. The molecule has 0 aromatic heterocycles. The van der Waals surface area contributed by atoms with Crippen molar-refractivity contribution in [2.45, 2.75) is 12.6 Å². The van der Waals surface area contributed by atoms with E-state index in [1.165, 1.54) is 0 Å². The SMILES string of the molecule is FC(c1ccccc1Br)C1CCOC1. The van der Waals surface area contributed by atoms with Crippen molar-refractivity contribution in [3.05, 3.63) is 34.3 Å². The molecular formula is C11H12BrFO. The van der Waals surface area contributed by atoms with Gasteiger partial charge in [0.2, 0.25) is 0 Å². The maximum absolute atomic E-state index is 14.0. The van der Waals surface area contributed by atoms with E-state index >= 15 is 0 Å². The highest BCUT2D eigenvalue weighted by atomic mass is 79.9. The third kappa shape index (κ3) is 1.98. The standard InChI is InChI=1S/C11H12BrFO/c12-10-4-2-1-3-9(10)11(13)8-5-6-14-7-8/h1-4,8,11H,5-7H2. The van der Waals surface area contributed by atoms with Gasteiger partial charge in [-0.05, 0) is 12.5 Å². The summed E-state index contributed by atoms with van der Waals surface area (Å²) in [4.78, 5) is 0. The summed E-state index contributed by atoms with van der Waals surface area (Å²) >= 11 is 3.36. The third-order valence-electron chi connectivity index (χ3n) is 2.58. The molecule has 1 aromatic carbocycles. The van der Waals surface area contributed by atoms with E-state index in [4.69, 9.17) is 4.74 Å². The van der Waals surface area contributed by atoms with Gasteiger partial charge in [0.05, 0.1) is 6.61 Å². The van der Waals surface area contributed by atoms with Gasteiger partial charge in [0.15, 0.2) is 0 Å². The summed E-state index contributed by atoms with van der Waals surface area (Å²) in [6.07, 6.45) is -0.0873. The van der Waals surface area contributed by atoms with Crippen molar-refractivity contribution in [3.8, 4) is 0 Å². The number of ether oxygens (including phenoxy) is 1. The van der Waals surface area contributed by atoms with Gasteiger partial charge < -0.3 is 4.74 Å². The molecule has 0 spiro atoms. The maximum Gasteiger partial charge on any atom is 0.131 e. The van der Waals surface area contributed by atoms with Crippen molar-refractivity contribution < 1.29 is 9.13 Å². The lowest BCUT2D eigenvalue weighted by atomic mass is 9.97. The Morgan fingerprint density at radius 3 is 2.86 bits per heavy atom. The molecule has 1 aromatic rings. The number of halogens is 2. The van der Waals surface area contributed by atoms with Gasteiger partial charge in [-0.15, -0.1) is 0 Å². The van der Waals surface area contributed by atoms with Crippen LogP contribution in [0.4, 0.5) is 4.39 Å². The van der Waals surface area contributed by atoms with Crippen LogP contribution in [-0.4, -0.2) is 13.2 Å². The molecule has 1 aliphatic heterocycles. The minimum atomic E-state index is -0.909. The van der Waals surface area contributed by atoms with E-state index in [2.05, 4.69) is 15.9 Å². The Kier molecular flexibility index (Phi) is 3.19. The first kappa shape index (κ1) is 10.1. The fourth-order valence-corrected chi connectivity index (χ4v) is 2.24. The first-order valence-corrected chi connectivity index (χ1v) is 5.54. The first-order valence-electron chi connectivity index (χ1n) is 4.75. The van der Waals surface area contributed by atoms with E-state index in [-0.39, 0.29) is 5.92 Å². The average molecular weight is 259 g/mol. The Morgan fingerprint density at radius 1 is 1.43 bits per heavy atom. The molecule has 0 amide bonds. The van der Waals surface area contributed by atoms with Gasteiger partial charge in [0.1, 0.15) is 6.17 Å². The van der Waals surface area contributed by atoms with Gasteiger partial charge in [0.25, 0.3) is 0 Å². The highest BCUT2D eigenvalue weighted by molar-refractivity contribution is 9.10. The Morgan fingerprint density at radius 2 is 2.21 bits per heavy atom. The molecule has 2 atom stereocenters. The second kappa shape index (κ2) is 4.41. The summed E-state index contributed by atoms with van der Waals surface area (Å²) in [6, 6.07) is 7.46. The van der Waals surface area contributed by atoms with Crippen LogP contribution in [0.2, 0.25) is 0 Å². The van der Waals surface area contributed by atoms with Gasteiger partial charge >= 0.3 is 0 Å². The zero-order valence-electron chi connectivity index (χ0n) is 7.75. The molecule has 1 aliphatic rings. The van der Waals surface area contributed by atoms with Crippen molar-refractivity contribution >= 4 is 15.9 Å². The van der Waals surface area contributed by atoms with E-state index in [0.717, 1.165) is 16.5 Å². The first-order chi connectivity index (χ1) is 6.79. The highest BCUT2D eigenvalue weighted by Crippen LogP contribution is 2.35. The molecule has 0 saturated carbocycles. The van der Waals surface area contributed by atoms with Crippen molar-refractivity contribution in [3.63, 3.8) is 0 Å². The van der Waals surface area contributed by atoms with E-state index < -0.39 is 6.17 Å². The summed E-state index contributed by atoms with van der Waals surface area (Å²) in [5, 5.41) is 0.